The van der Waals surface area contributed by atoms with Crippen LogP contribution in [0.3, 0.4) is 0 Å². The van der Waals surface area contributed by atoms with Gasteiger partial charge in [-0.25, -0.2) is 0 Å². The summed E-state index contributed by atoms with van der Waals surface area (Å²) in [7, 11) is 0. The van der Waals surface area contributed by atoms with E-state index in [-0.39, 0.29) is 68.3 Å². The average molecular weight is 1150 g/mol. The van der Waals surface area contributed by atoms with Gasteiger partial charge in [-0.1, -0.05) is 0 Å². The Hall–Kier alpha value is -4.52. The smallest absolute Gasteiger partial charge is 0.550 e. The largest absolute Gasteiger partial charge is 3.00 e. The predicted molar refractivity (Wildman–Crippen MR) is 196 cm³/mol. The summed E-state index contributed by atoms with van der Waals surface area (Å²) >= 11 is 0. The first-order valence-electron chi connectivity index (χ1n) is 16.3. The van der Waals surface area contributed by atoms with Crippen LogP contribution in [0.15, 0.2) is 0 Å². The third-order valence-corrected chi connectivity index (χ3v) is 1.22. The van der Waals surface area contributed by atoms with Crippen LogP contribution in [-0.4, -0.2) is 111 Å². The molecule has 0 aromatic heterocycles. The van der Waals surface area contributed by atoms with Gasteiger partial charge in [0.15, 0.2) is 0 Å². The standard InChI is InChI=1S/3C3H10N2.12C2H4O2.4Fe/c3*4-2-1-3-5;12*1-2(3)4;;;;/h3*1-5H2;12*1H3,(H,3,4);;;;/q;;;;;;;;;;;;;;;4*+3/p-12. The van der Waals surface area contributed by atoms with E-state index in [1.54, 1.807) is 0 Å². The van der Waals surface area contributed by atoms with Gasteiger partial charge in [0.1, 0.15) is 0 Å². The second-order valence-electron chi connectivity index (χ2n) is 8.69. The van der Waals surface area contributed by atoms with Crippen molar-refractivity contribution in [2.75, 3.05) is 39.3 Å². The van der Waals surface area contributed by atoms with Gasteiger partial charge < -0.3 is 153 Å². The SMILES string of the molecule is CC(=O)[O-].CC(=O)[O-].CC(=O)[O-].CC(=O)[O-].CC(=O)[O-].CC(=O)[O-].CC(=O)[O-].CC(=O)[O-].CC(=O)[O-].CC(=O)[O-].CC(=O)[O-].CC(=O)[O-].NCCCN.NCCCN.NCCCN.[Fe+3].[Fe+3].[Fe+3].[Fe+3]. The summed E-state index contributed by atoms with van der Waals surface area (Å²) in [5.41, 5.74) is 30.4. The van der Waals surface area contributed by atoms with Crippen LogP contribution in [0.25, 0.3) is 0 Å². The Morgan fingerprint density at radius 1 is 0.209 bits per heavy atom. The number of carbonyl (C=O) groups is 12. The Balaban J connectivity index is -0.0000000216. The van der Waals surface area contributed by atoms with E-state index < -0.39 is 71.6 Å². The van der Waals surface area contributed by atoms with Crippen LogP contribution >= 0.6 is 0 Å². The van der Waals surface area contributed by atoms with Crippen molar-refractivity contribution < 1.29 is 187 Å². The number of carboxylic acids is 12. The molecule has 0 unspecified atom stereocenters. The molecule has 0 spiro atoms. The Bertz CT molecular complexity index is 759. The summed E-state index contributed by atoms with van der Waals surface area (Å²) in [4.78, 5) is 107. The average Bonchev–Trinajstić information content (AvgIpc) is 2.96. The van der Waals surface area contributed by atoms with Crippen molar-refractivity contribution >= 4 is 71.6 Å². The zero-order valence-electron chi connectivity index (χ0n) is 39.0. The molecule has 0 heterocycles. The van der Waals surface area contributed by atoms with E-state index in [0.717, 1.165) is 142 Å². The van der Waals surface area contributed by atoms with E-state index in [1.165, 1.54) is 0 Å². The second kappa shape index (κ2) is 137. The number of rotatable bonds is 6. The molecule has 0 bridgehead atoms. The molecule has 4 radical (unpaired) electrons. The maximum absolute atomic E-state index is 8.89. The Morgan fingerprint density at radius 2 is 0.239 bits per heavy atom. The van der Waals surface area contributed by atoms with Gasteiger partial charge in [-0.2, -0.15) is 0 Å². The summed E-state index contributed by atoms with van der Waals surface area (Å²) < 4.78 is 0. The number of carbonyl (C=O) groups excluding carboxylic acids is 12. The quantitative estimate of drug-likeness (QED) is 0.135. The van der Waals surface area contributed by atoms with Crippen molar-refractivity contribution in [1.82, 2.24) is 0 Å². The maximum atomic E-state index is 8.89. The van der Waals surface area contributed by atoms with Gasteiger partial charge in [0.2, 0.25) is 0 Å². The van der Waals surface area contributed by atoms with E-state index in [2.05, 4.69) is 0 Å². The number of hydrogen-bond donors (Lipinski definition) is 6. The number of carboxylic acid groups (broad SMARTS) is 12. The van der Waals surface area contributed by atoms with Gasteiger partial charge in [-0.3, -0.25) is 0 Å². The minimum absolute atomic E-state index is 0. The Kier molecular flexibility index (Phi) is 256. The van der Waals surface area contributed by atoms with Crippen molar-refractivity contribution in [2.45, 2.75) is 102 Å². The van der Waals surface area contributed by atoms with Crippen LogP contribution < -0.4 is 95.7 Å². The summed E-state index contributed by atoms with van der Waals surface area (Å²) in [6, 6.07) is 0. The molecule has 12 N–H and O–H groups in total. The van der Waals surface area contributed by atoms with Crippen molar-refractivity contribution in [3.8, 4) is 0 Å². The number of nitrogens with two attached hydrogens (primary N) is 6. The first-order chi connectivity index (χ1) is 28.0. The van der Waals surface area contributed by atoms with Crippen molar-refractivity contribution in [3.63, 3.8) is 0 Å². The van der Waals surface area contributed by atoms with Crippen LogP contribution in [-0.2, 0) is 126 Å². The molecule has 67 heavy (non-hydrogen) atoms. The van der Waals surface area contributed by atoms with Gasteiger partial charge in [-0.15, -0.1) is 0 Å². The van der Waals surface area contributed by atoms with E-state index >= 15 is 0 Å². The minimum Gasteiger partial charge on any atom is -0.550 e. The molecule has 0 aliphatic heterocycles. The van der Waals surface area contributed by atoms with Crippen LogP contribution in [0.5, 0.6) is 0 Å². The topological polar surface area (TPSA) is 638 Å². The molecule has 0 aliphatic carbocycles. The van der Waals surface area contributed by atoms with Crippen molar-refractivity contribution in [2.24, 2.45) is 34.4 Å². The van der Waals surface area contributed by atoms with Gasteiger partial charge >= 0.3 is 68.3 Å². The van der Waals surface area contributed by atoms with Crippen molar-refractivity contribution in [1.29, 1.82) is 0 Å². The molecule has 34 heteroatoms. The molecular formula is C33H66Fe4N6O24. The fourth-order valence-corrected chi connectivity index (χ4v) is 0.354. The monoisotopic (exact) mass is 1150 g/mol. The molecule has 0 saturated heterocycles. The molecule has 30 nitrogen and oxygen atoms in total. The number of hydrogen-bond acceptors (Lipinski definition) is 30. The molecule has 0 atom stereocenters. The first-order valence-corrected chi connectivity index (χ1v) is 16.3. The van der Waals surface area contributed by atoms with Gasteiger partial charge in [0.25, 0.3) is 0 Å². The van der Waals surface area contributed by atoms with Crippen LogP contribution in [0, 0.1) is 0 Å². The molecular weight excluding hydrogens is 1090 g/mol. The van der Waals surface area contributed by atoms with Gasteiger partial charge in [-0.05, 0) is 142 Å². The van der Waals surface area contributed by atoms with Crippen LogP contribution in [0.2, 0.25) is 0 Å². The fourth-order valence-electron chi connectivity index (χ4n) is 0.354. The zero-order chi connectivity index (χ0) is 55.3. The predicted octanol–water partition coefficient (Wildman–Crippen LogP) is -17.1. The molecule has 0 aromatic carbocycles. The summed E-state index contributed by atoms with van der Waals surface area (Å²) in [5.74, 6) is -13.0. The van der Waals surface area contributed by atoms with E-state index in [9.17, 15) is 0 Å². The summed E-state index contributed by atoms with van der Waals surface area (Å²) in [5, 5.41) is 107. The third kappa shape index (κ3) is 99600. The van der Waals surface area contributed by atoms with E-state index in [0.29, 0.717) is 0 Å². The molecule has 0 aromatic rings. The molecule has 404 valence electrons. The van der Waals surface area contributed by atoms with Gasteiger partial charge in [0, 0.05) is 71.6 Å². The second-order valence-corrected chi connectivity index (χ2v) is 8.69. The fraction of sp³-hybridized carbons (Fsp3) is 0.636. The molecule has 0 aliphatic rings. The van der Waals surface area contributed by atoms with Crippen molar-refractivity contribution in [3.05, 3.63) is 0 Å². The van der Waals surface area contributed by atoms with E-state index in [1.807, 2.05) is 0 Å². The van der Waals surface area contributed by atoms with Gasteiger partial charge in [0.05, 0.1) is 0 Å². The summed E-state index contributed by atoms with van der Waals surface area (Å²) in [6.45, 7) is 16.0. The molecule has 0 saturated carbocycles. The number of aliphatic carboxylic acids is 12. The minimum atomic E-state index is -1.08. The van der Waals surface area contributed by atoms with Crippen LogP contribution in [0.1, 0.15) is 102 Å². The normalized spacial score (nSPS) is 6.36. The third-order valence-electron chi connectivity index (χ3n) is 1.22. The van der Waals surface area contributed by atoms with Crippen LogP contribution in [0.4, 0.5) is 0 Å². The molecule has 0 rings (SSSR count). The first kappa shape index (κ1) is 125. The Morgan fingerprint density at radius 3 is 0.239 bits per heavy atom. The van der Waals surface area contributed by atoms with E-state index in [4.69, 9.17) is 153 Å². The molecule has 0 fully saturated rings. The Labute approximate surface area is 432 Å². The maximum Gasteiger partial charge on any atom is 3.00 e. The zero-order valence-corrected chi connectivity index (χ0v) is 43.5. The molecule has 0 amide bonds. The summed E-state index contributed by atoms with van der Waals surface area (Å²) in [6.07, 6.45) is 2.83.